The van der Waals surface area contributed by atoms with Gasteiger partial charge >= 0.3 is 12.0 Å². The number of esters is 1. The van der Waals surface area contributed by atoms with Crippen LogP contribution in [0.1, 0.15) is 22.8 Å². The number of hydrogen-bond acceptors (Lipinski definition) is 5. The Morgan fingerprint density at radius 2 is 2.00 bits per heavy atom. The molecule has 19 heavy (non-hydrogen) atoms. The van der Waals surface area contributed by atoms with Gasteiger partial charge in [-0.3, -0.25) is 10.1 Å². The number of amides is 3. The summed E-state index contributed by atoms with van der Waals surface area (Å²) in [4.78, 5) is 33.5. The predicted molar refractivity (Wildman–Crippen MR) is 65.4 cm³/mol. The number of aryl methyl sites for hydroxylation is 1. The number of benzene rings is 1. The summed E-state index contributed by atoms with van der Waals surface area (Å²) in [5, 5.41) is 11.3. The molecule has 0 bridgehead atoms. The standard InChI is InChI=1S/C12H14N2O5/c1-6-3-4-9(15)8(5-6)11(17)19-7(2)10(16)14-12(13)18/h3-5,7,15H,1-2H3,(H3,13,14,16,18)/t7-/m0/s1. The summed E-state index contributed by atoms with van der Waals surface area (Å²) >= 11 is 0. The van der Waals surface area contributed by atoms with Crippen LogP contribution in [0.2, 0.25) is 0 Å². The molecule has 0 saturated carbocycles. The summed E-state index contributed by atoms with van der Waals surface area (Å²) in [5.74, 6) is -1.96. The zero-order chi connectivity index (χ0) is 14.6. The number of carbonyl (C=O) groups excluding carboxylic acids is 3. The molecule has 0 radical (unpaired) electrons. The molecule has 3 amide bonds. The van der Waals surface area contributed by atoms with Crippen molar-refractivity contribution >= 4 is 17.9 Å². The van der Waals surface area contributed by atoms with E-state index in [0.717, 1.165) is 5.56 Å². The van der Waals surface area contributed by atoms with Gasteiger partial charge in [-0.15, -0.1) is 0 Å². The molecule has 7 heteroatoms. The minimum absolute atomic E-state index is 0.0567. The third kappa shape index (κ3) is 3.98. The van der Waals surface area contributed by atoms with E-state index in [9.17, 15) is 19.5 Å². The number of ether oxygens (including phenoxy) is 1. The third-order valence-electron chi connectivity index (χ3n) is 2.27. The smallest absolute Gasteiger partial charge is 0.342 e. The molecule has 4 N–H and O–H groups in total. The molecule has 0 unspecified atom stereocenters. The molecule has 102 valence electrons. The van der Waals surface area contributed by atoms with Crippen molar-refractivity contribution in [1.29, 1.82) is 0 Å². The van der Waals surface area contributed by atoms with Gasteiger partial charge in [0.25, 0.3) is 5.91 Å². The second-order valence-electron chi connectivity index (χ2n) is 3.92. The number of hydrogen-bond donors (Lipinski definition) is 3. The Bertz CT molecular complexity index is 527. The fourth-order valence-electron chi connectivity index (χ4n) is 1.31. The highest BCUT2D eigenvalue weighted by atomic mass is 16.5. The van der Waals surface area contributed by atoms with Crippen molar-refractivity contribution in [1.82, 2.24) is 5.32 Å². The Morgan fingerprint density at radius 3 is 2.58 bits per heavy atom. The van der Waals surface area contributed by atoms with E-state index in [4.69, 9.17) is 10.5 Å². The Kier molecular flexibility index (Phi) is 4.46. The molecule has 0 saturated heterocycles. The van der Waals surface area contributed by atoms with Gasteiger partial charge in [-0.2, -0.15) is 0 Å². The molecule has 7 nitrogen and oxygen atoms in total. The molecular weight excluding hydrogens is 252 g/mol. The van der Waals surface area contributed by atoms with Crippen LogP contribution >= 0.6 is 0 Å². The Labute approximate surface area is 109 Å². The topological polar surface area (TPSA) is 119 Å². The number of primary amides is 1. The first-order chi connectivity index (χ1) is 8.81. The molecule has 0 fully saturated rings. The van der Waals surface area contributed by atoms with Crippen molar-refractivity contribution in [2.75, 3.05) is 0 Å². The average molecular weight is 266 g/mol. The highest BCUT2D eigenvalue weighted by Gasteiger charge is 2.21. The normalized spacial score (nSPS) is 11.5. The van der Waals surface area contributed by atoms with Crippen molar-refractivity contribution in [3.63, 3.8) is 0 Å². The Balaban J connectivity index is 2.77. The molecule has 0 heterocycles. The number of carbonyl (C=O) groups is 3. The van der Waals surface area contributed by atoms with Crippen molar-refractivity contribution in [2.24, 2.45) is 5.73 Å². The van der Waals surface area contributed by atoms with Crippen LogP contribution in [0.4, 0.5) is 4.79 Å². The lowest BCUT2D eigenvalue weighted by atomic mass is 10.1. The highest BCUT2D eigenvalue weighted by molar-refractivity contribution is 5.98. The number of phenols is 1. The van der Waals surface area contributed by atoms with Crippen molar-refractivity contribution < 1.29 is 24.2 Å². The van der Waals surface area contributed by atoms with E-state index in [1.807, 2.05) is 0 Å². The van der Waals surface area contributed by atoms with Crippen LogP contribution in [-0.4, -0.2) is 29.1 Å². The van der Waals surface area contributed by atoms with Gasteiger partial charge in [0, 0.05) is 0 Å². The van der Waals surface area contributed by atoms with Gasteiger partial charge in [0.15, 0.2) is 6.10 Å². The minimum atomic E-state index is -1.21. The molecule has 1 aromatic rings. The summed E-state index contributed by atoms with van der Waals surface area (Å²) in [6.45, 7) is 3.02. The van der Waals surface area contributed by atoms with Gasteiger partial charge in [0.05, 0.1) is 0 Å². The second kappa shape index (κ2) is 5.85. The zero-order valence-electron chi connectivity index (χ0n) is 10.5. The monoisotopic (exact) mass is 266 g/mol. The maximum Gasteiger partial charge on any atom is 0.342 e. The summed E-state index contributed by atoms with van der Waals surface area (Å²) in [5.41, 5.74) is 5.46. The number of nitrogens with two attached hydrogens (primary N) is 1. The van der Waals surface area contributed by atoms with E-state index >= 15 is 0 Å². The fraction of sp³-hybridized carbons (Fsp3) is 0.250. The highest BCUT2D eigenvalue weighted by Crippen LogP contribution is 2.19. The van der Waals surface area contributed by atoms with E-state index < -0.39 is 24.0 Å². The first-order valence-electron chi connectivity index (χ1n) is 5.42. The van der Waals surface area contributed by atoms with E-state index in [1.54, 1.807) is 18.3 Å². The van der Waals surface area contributed by atoms with E-state index in [-0.39, 0.29) is 11.3 Å². The van der Waals surface area contributed by atoms with Gasteiger partial charge in [0.2, 0.25) is 0 Å². The molecular formula is C12H14N2O5. The number of aromatic hydroxyl groups is 1. The lowest BCUT2D eigenvalue weighted by Gasteiger charge is -2.12. The maximum atomic E-state index is 11.7. The number of nitrogens with one attached hydrogen (secondary N) is 1. The molecule has 0 aliphatic rings. The average Bonchev–Trinajstić information content (AvgIpc) is 2.31. The molecule has 1 aromatic carbocycles. The van der Waals surface area contributed by atoms with Crippen LogP contribution in [0.3, 0.4) is 0 Å². The number of phenolic OH excluding ortho intramolecular Hbond substituents is 1. The molecule has 0 aromatic heterocycles. The van der Waals surface area contributed by atoms with E-state index in [0.29, 0.717) is 0 Å². The van der Waals surface area contributed by atoms with Crippen LogP contribution < -0.4 is 11.1 Å². The molecule has 1 rings (SSSR count). The van der Waals surface area contributed by atoms with Gasteiger partial charge in [0.1, 0.15) is 11.3 Å². The number of imide groups is 1. The lowest BCUT2D eigenvalue weighted by Crippen LogP contribution is -2.42. The largest absolute Gasteiger partial charge is 0.507 e. The fourth-order valence-corrected chi connectivity index (χ4v) is 1.31. The van der Waals surface area contributed by atoms with Crippen molar-refractivity contribution in [3.8, 4) is 5.75 Å². The van der Waals surface area contributed by atoms with Crippen LogP contribution in [0.5, 0.6) is 5.75 Å². The number of urea groups is 1. The van der Waals surface area contributed by atoms with Crippen LogP contribution in [-0.2, 0) is 9.53 Å². The zero-order valence-corrected chi connectivity index (χ0v) is 10.5. The molecule has 1 atom stereocenters. The summed E-state index contributed by atoms with van der Waals surface area (Å²) in [7, 11) is 0. The van der Waals surface area contributed by atoms with E-state index in [2.05, 4.69) is 0 Å². The molecule has 0 aliphatic carbocycles. The van der Waals surface area contributed by atoms with Crippen LogP contribution in [0, 0.1) is 6.92 Å². The van der Waals surface area contributed by atoms with Gasteiger partial charge in [-0.25, -0.2) is 9.59 Å². The van der Waals surface area contributed by atoms with Crippen LogP contribution in [0.15, 0.2) is 18.2 Å². The Morgan fingerprint density at radius 1 is 1.37 bits per heavy atom. The Hall–Kier alpha value is -2.57. The third-order valence-corrected chi connectivity index (χ3v) is 2.27. The molecule has 0 aliphatic heterocycles. The first-order valence-corrected chi connectivity index (χ1v) is 5.42. The van der Waals surface area contributed by atoms with Crippen molar-refractivity contribution in [2.45, 2.75) is 20.0 Å². The summed E-state index contributed by atoms with van der Waals surface area (Å²) in [6, 6.07) is 3.36. The minimum Gasteiger partial charge on any atom is -0.507 e. The molecule has 0 spiro atoms. The summed E-state index contributed by atoms with van der Waals surface area (Å²) in [6.07, 6.45) is -1.21. The quantitative estimate of drug-likeness (QED) is 0.686. The summed E-state index contributed by atoms with van der Waals surface area (Å²) < 4.78 is 4.82. The van der Waals surface area contributed by atoms with Crippen molar-refractivity contribution in [3.05, 3.63) is 29.3 Å². The lowest BCUT2D eigenvalue weighted by molar-refractivity contribution is -0.127. The predicted octanol–water partition coefficient (Wildman–Crippen LogP) is 0.441. The number of rotatable bonds is 3. The van der Waals surface area contributed by atoms with Gasteiger partial charge < -0.3 is 15.6 Å². The maximum absolute atomic E-state index is 11.7. The SMILES string of the molecule is Cc1ccc(O)c(C(=O)O[C@@H](C)C(=O)NC(N)=O)c1. The first kappa shape index (κ1) is 14.5. The van der Waals surface area contributed by atoms with Crippen LogP contribution in [0.25, 0.3) is 0 Å². The van der Waals surface area contributed by atoms with Gasteiger partial charge in [-0.1, -0.05) is 11.6 Å². The second-order valence-corrected chi connectivity index (χ2v) is 3.92. The van der Waals surface area contributed by atoms with Gasteiger partial charge in [-0.05, 0) is 26.0 Å². The van der Waals surface area contributed by atoms with E-state index in [1.165, 1.54) is 19.1 Å².